The van der Waals surface area contributed by atoms with Crippen molar-refractivity contribution in [1.82, 2.24) is 10.2 Å². The van der Waals surface area contributed by atoms with Crippen molar-refractivity contribution >= 4 is 0 Å². The van der Waals surface area contributed by atoms with Gasteiger partial charge in [-0.05, 0) is 43.6 Å². The van der Waals surface area contributed by atoms with Crippen LogP contribution in [0.15, 0.2) is 24.3 Å². The summed E-state index contributed by atoms with van der Waals surface area (Å²) in [4.78, 5) is 2.60. The van der Waals surface area contributed by atoms with Gasteiger partial charge >= 0.3 is 0 Å². The topological polar surface area (TPSA) is 24.5 Å². The summed E-state index contributed by atoms with van der Waals surface area (Å²) in [5, 5.41) is 3.29. The maximum absolute atomic E-state index is 5.76. The van der Waals surface area contributed by atoms with Gasteiger partial charge in [0.1, 0.15) is 0 Å². The molecule has 0 amide bonds. The Morgan fingerprint density at radius 3 is 3.17 bits per heavy atom. The molecule has 2 atom stereocenters. The van der Waals surface area contributed by atoms with E-state index in [1.54, 1.807) is 0 Å². The van der Waals surface area contributed by atoms with E-state index in [9.17, 15) is 0 Å². The first-order chi connectivity index (χ1) is 8.88. The van der Waals surface area contributed by atoms with E-state index in [0.717, 1.165) is 25.7 Å². The van der Waals surface area contributed by atoms with Gasteiger partial charge in [0.05, 0.1) is 19.3 Å². The third kappa shape index (κ3) is 2.30. The van der Waals surface area contributed by atoms with Crippen molar-refractivity contribution in [3.8, 4) is 0 Å². The van der Waals surface area contributed by atoms with E-state index in [-0.39, 0.29) is 0 Å². The first-order valence-corrected chi connectivity index (χ1v) is 6.92. The molecule has 1 N–H and O–H groups in total. The van der Waals surface area contributed by atoms with Crippen LogP contribution in [0.2, 0.25) is 0 Å². The first kappa shape index (κ1) is 12.2. The number of likely N-dealkylation sites (tertiary alicyclic amines) is 1. The smallest absolute Gasteiger partial charge is 0.0721 e. The van der Waals surface area contributed by atoms with Gasteiger partial charge in [-0.1, -0.05) is 24.3 Å². The Hall–Kier alpha value is -0.900. The van der Waals surface area contributed by atoms with Crippen molar-refractivity contribution in [1.29, 1.82) is 0 Å². The van der Waals surface area contributed by atoms with Crippen molar-refractivity contribution < 1.29 is 4.74 Å². The minimum absolute atomic E-state index is 0.469. The van der Waals surface area contributed by atoms with Crippen LogP contribution < -0.4 is 5.32 Å². The molecule has 2 heterocycles. The maximum Gasteiger partial charge on any atom is 0.0721 e. The molecule has 2 aliphatic rings. The molecule has 2 unspecified atom stereocenters. The molecule has 1 aromatic carbocycles. The molecule has 0 spiro atoms. The quantitative estimate of drug-likeness (QED) is 0.880. The lowest BCUT2D eigenvalue weighted by atomic mass is 9.98. The Labute approximate surface area is 109 Å². The molecule has 0 aliphatic carbocycles. The van der Waals surface area contributed by atoms with Crippen LogP contribution >= 0.6 is 0 Å². The fourth-order valence-electron chi connectivity index (χ4n) is 3.26. The van der Waals surface area contributed by atoms with Crippen molar-refractivity contribution in [3.63, 3.8) is 0 Å². The second-order valence-corrected chi connectivity index (χ2v) is 5.44. The van der Waals surface area contributed by atoms with Gasteiger partial charge in [0, 0.05) is 6.54 Å². The molecule has 0 saturated carbocycles. The number of fused-ring (bicyclic) bond motifs is 1. The lowest BCUT2D eigenvalue weighted by Crippen LogP contribution is -2.34. The van der Waals surface area contributed by atoms with E-state index >= 15 is 0 Å². The summed E-state index contributed by atoms with van der Waals surface area (Å²) < 4.78 is 5.76. The lowest BCUT2D eigenvalue weighted by Gasteiger charge is -2.33. The second kappa shape index (κ2) is 5.39. The van der Waals surface area contributed by atoms with E-state index in [1.165, 1.54) is 30.6 Å². The highest BCUT2D eigenvalue weighted by molar-refractivity contribution is 5.31. The van der Waals surface area contributed by atoms with E-state index in [2.05, 4.69) is 34.5 Å². The zero-order valence-corrected chi connectivity index (χ0v) is 11.1. The summed E-state index contributed by atoms with van der Waals surface area (Å²) in [6, 6.07) is 9.20. The zero-order chi connectivity index (χ0) is 12.4. The molecule has 0 aromatic heterocycles. The molecule has 1 saturated heterocycles. The molecule has 1 aromatic rings. The number of nitrogens with one attached hydrogen (secondary N) is 1. The molecule has 0 radical (unpaired) electrons. The number of rotatable bonds is 3. The average Bonchev–Trinajstić information content (AvgIpc) is 2.87. The SMILES string of the molecule is CNCC1CCN(C2COCc3ccccc32)C1. The van der Waals surface area contributed by atoms with Crippen LogP contribution in [0, 0.1) is 5.92 Å². The molecule has 18 heavy (non-hydrogen) atoms. The first-order valence-electron chi connectivity index (χ1n) is 6.92. The van der Waals surface area contributed by atoms with Gasteiger partial charge in [-0.3, -0.25) is 4.90 Å². The summed E-state index contributed by atoms with van der Waals surface area (Å²) in [6.45, 7) is 5.16. The van der Waals surface area contributed by atoms with Crippen LogP contribution in [0.25, 0.3) is 0 Å². The molecular formula is C15H22N2O. The monoisotopic (exact) mass is 246 g/mol. The van der Waals surface area contributed by atoms with E-state index in [0.29, 0.717) is 6.04 Å². The third-order valence-corrected chi connectivity index (χ3v) is 4.20. The molecular weight excluding hydrogens is 224 g/mol. The van der Waals surface area contributed by atoms with Crippen LogP contribution in [0.3, 0.4) is 0 Å². The second-order valence-electron chi connectivity index (χ2n) is 5.44. The Kier molecular flexibility index (Phi) is 3.64. The van der Waals surface area contributed by atoms with E-state index < -0.39 is 0 Å². The minimum atomic E-state index is 0.469. The van der Waals surface area contributed by atoms with Crippen molar-refractivity contribution in [3.05, 3.63) is 35.4 Å². The molecule has 3 nitrogen and oxygen atoms in total. The molecule has 98 valence electrons. The highest BCUT2D eigenvalue weighted by Gasteiger charge is 2.31. The van der Waals surface area contributed by atoms with E-state index in [1.807, 2.05) is 7.05 Å². The molecule has 0 bridgehead atoms. The van der Waals surface area contributed by atoms with Gasteiger partial charge in [-0.15, -0.1) is 0 Å². The molecule has 3 rings (SSSR count). The van der Waals surface area contributed by atoms with Crippen LogP contribution in [0.1, 0.15) is 23.6 Å². The minimum Gasteiger partial charge on any atom is -0.375 e. The van der Waals surface area contributed by atoms with E-state index in [4.69, 9.17) is 4.74 Å². The lowest BCUT2D eigenvalue weighted by molar-refractivity contribution is 0.0399. The van der Waals surface area contributed by atoms with Gasteiger partial charge in [0.15, 0.2) is 0 Å². The predicted molar refractivity (Wildman–Crippen MR) is 72.4 cm³/mol. The normalized spacial score (nSPS) is 28.3. The number of hydrogen-bond acceptors (Lipinski definition) is 3. The van der Waals surface area contributed by atoms with Crippen molar-refractivity contribution in [2.45, 2.75) is 19.1 Å². The van der Waals surface area contributed by atoms with Crippen LogP contribution in [0.4, 0.5) is 0 Å². The highest BCUT2D eigenvalue weighted by Crippen LogP contribution is 2.32. The van der Waals surface area contributed by atoms with Crippen LogP contribution in [0.5, 0.6) is 0 Å². The standard InChI is InChI=1S/C15H22N2O/c1-16-8-12-6-7-17(9-12)15-11-18-10-13-4-2-3-5-14(13)15/h2-5,12,15-16H,6-11H2,1H3. The summed E-state index contributed by atoms with van der Waals surface area (Å²) in [5.74, 6) is 0.795. The largest absolute Gasteiger partial charge is 0.375 e. The fourth-order valence-corrected chi connectivity index (χ4v) is 3.26. The summed E-state index contributed by atoms with van der Waals surface area (Å²) in [6.07, 6.45) is 1.31. The number of ether oxygens (including phenoxy) is 1. The maximum atomic E-state index is 5.76. The van der Waals surface area contributed by atoms with Gasteiger partial charge in [-0.2, -0.15) is 0 Å². The average molecular weight is 246 g/mol. The molecule has 2 aliphatic heterocycles. The Morgan fingerprint density at radius 2 is 2.28 bits per heavy atom. The highest BCUT2D eigenvalue weighted by atomic mass is 16.5. The Morgan fingerprint density at radius 1 is 1.39 bits per heavy atom. The van der Waals surface area contributed by atoms with Gasteiger partial charge in [0.25, 0.3) is 0 Å². The number of nitrogens with zero attached hydrogens (tertiary/aromatic N) is 1. The Balaban J connectivity index is 1.74. The van der Waals surface area contributed by atoms with Crippen LogP contribution in [-0.4, -0.2) is 38.2 Å². The third-order valence-electron chi connectivity index (χ3n) is 4.20. The predicted octanol–water partition coefficient (Wildman–Crippen LogP) is 1.80. The zero-order valence-electron chi connectivity index (χ0n) is 11.1. The number of benzene rings is 1. The van der Waals surface area contributed by atoms with Gasteiger partial charge < -0.3 is 10.1 Å². The number of hydrogen-bond donors (Lipinski definition) is 1. The van der Waals surface area contributed by atoms with Crippen LogP contribution in [-0.2, 0) is 11.3 Å². The fraction of sp³-hybridized carbons (Fsp3) is 0.600. The summed E-state index contributed by atoms with van der Waals surface area (Å²) in [5.41, 5.74) is 2.85. The van der Waals surface area contributed by atoms with Gasteiger partial charge in [-0.25, -0.2) is 0 Å². The summed E-state index contributed by atoms with van der Waals surface area (Å²) >= 11 is 0. The Bertz CT molecular complexity index is 407. The van der Waals surface area contributed by atoms with Crippen molar-refractivity contribution in [2.24, 2.45) is 5.92 Å². The summed E-state index contributed by atoms with van der Waals surface area (Å²) in [7, 11) is 2.04. The van der Waals surface area contributed by atoms with Crippen molar-refractivity contribution in [2.75, 3.05) is 33.3 Å². The van der Waals surface area contributed by atoms with Gasteiger partial charge in [0.2, 0.25) is 0 Å². The molecule has 3 heteroatoms. The molecule has 1 fully saturated rings.